The highest BCUT2D eigenvalue weighted by atomic mass is 16.6. The van der Waals surface area contributed by atoms with Crippen molar-refractivity contribution >= 4 is 22.8 Å². The van der Waals surface area contributed by atoms with E-state index < -0.39 is 4.92 Å². The van der Waals surface area contributed by atoms with Gasteiger partial charge in [0, 0.05) is 47.5 Å². The number of nitrogens with zero attached hydrogens (tertiary/aromatic N) is 3. The number of aryl methyl sites for hydroxylation is 1. The highest BCUT2D eigenvalue weighted by Gasteiger charge is 2.20. The Bertz CT molecular complexity index is 1070. The van der Waals surface area contributed by atoms with E-state index in [-0.39, 0.29) is 12.3 Å². The summed E-state index contributed by atoms with van der Waals surface area (Å²) in [5.74, 6) is 0. The van der Waals surface area contributed by atoms with Gasteiger partial charge in [0.2, 0.25) is 0 Å². The molecule has 2 aromatic carbocycles. The van der Waals surface area contributed by atoms with Crippen molar-refractivity contribution < 1.29 is 10.0 Å². The van der Waals surface area contributed by atoms with Gasteiger partial charge in [-0.05, 0) is 42.8 Å². The van der Waals surface area contributed by atoms with Crippen molar-refractivity contribution in [2.45, 2.75) is 6.92 Å². The molecule has 1 aliphatic heterocycles. The molecule has 0 fully saturated rings. The highest BCUT2D eigenvalue weighted by Crippen LogP contribution is 2.34. The summed E-state index contributed by atoms with van der Waals surface area (Å²) >= 11 is 0. The van der Waals surface area contributed by atoms with Crippen molar-refractivity contribution in [3.8, 4) is 5.69 Å². The summed E-state index contributed by atoms with van der Waals surface area (Å²) in [6, 6.07) is 12.7. The molecule has 4 rings (SSSR count). The Hall–Kier alpha value is -3.65. The minimum Gasteiger partial charge on any atom is -0.392 e. The Kier molecular flexibility index (Phi) is 4.54. The second-order valence-electron chi connectivity index (χ2n) is 6.55. The number of hydrogen-bond donors (Lipinski definition) is 3. The van der Waals surface area contributed by atoms with E-state index >= 15 is 0 Å². The second-order valence-corrected chi connectivity index (χ2v) is 6.55. The van der Waals surface area contributed by atoms with Crippen LogP contribution < -0.4 is 10.6 Å². The minimum absolute atomic E-state index is 0.0515. The molecule has 0 radical (unpaired) electrons. The minimum atomic E-state index is -0.395. The molecule has 1 aliphatic rings. The van der Waals surface area contributed by atoms with Crippen LogP contribution in [0.4, 0.5) is 17.1 Å². The largest absolute Gasteiger partial charge is 0.392 e. The van der Waals surface area contributed by atoms with Crippen molar-refractivity contribution in [3.05, 3.63) is 81.7 Å². The molecule has 3 N–H and O–H groups in total. The quantitative estimate of drug-likeness (QED) is 0.465. The van der Waals surface area contributed by atoms with E-state index in [1.54, 1.807) is 29.9 Å². The van der Waals surface area contributed by atoms with Crippen molar-refractivity contribution in [1.29, 1.82) is 0 Å². The maximum absolute atomic E-state index is 11.3. The first-order valence-electron chi connectivity index (χ1n) is 8.80. The van der Waals surface area contributed by atoms with Gasteiger partial charge in [-0.2, -0.15) is 5.10 Å². The third-order valence-corrected chi connectivity index (χ3v) is 4.75. The lowest BCUT2D eigenvalue weighted by molar-refractivity contribution is -0.385. The molecule has 3 aromatic rings. The molecule has 2 heterocycles. The number of nitro groups is 1. The van der Waals surface area contributed by atoms with Gasteiger partial charge in [0.05, 0.1) is 22.9 Å². The predicted octanol–water partition coefficient (Wildman–Crippen LogP) is 3.33. The van der Waals surface area contributed by atoms with Gasteiger partial charge < -0.3 is 15.7 Å². The molecule has 0 spiro atoms. The number of fused-ring (bicyclic) bond motifs is 1. The van der Waals surface area contributed by atoms with Crippen LogP contribution in [0.1, 0.15) is 11.1 Å². The molecule has 8 heteroatoms. The Labute approximate surface area is 161 Å². The van der Waals surface area contributed by atoms with Crippen LogP contribution in [0.2, 0.25) is 0 Å². The average molecular weight is 377 g/mol. The molecule has 0 aliphatic carbocycles. The summed E-state index contributed by atoms with van der Waals surface area (Å²) in [4.78, 5) is 10.9. The van der Waals surface area contributed by atoms with Gasteiger partial charge in [0.15, 0.2) is 0 Å². The fraction of sp³-hybridized carbons (Fsp3) is 0.150. The number of anilines is 2. The number of benzene rings is 2. The Balaban J connectivity index is 1.78. The molecule has 8 nitrogen and oxygen atoms in total. The lowest BCUT2D eigenvalue weighted by Gasteiger charge is -2.26. The van der Waals surface area contributed by atoms with Crippen LogP contribution in [-0.4, -0.2) is 33.0 Å². The first-order valence-corrected chi connectivity index (χ1v) is 8.80. The van der Waals surface area contributed by atoms with E-state index in [1.165, 1.54) is 6.07 Å². The standard InChI is InChI=1S/C20H19N5O3/c1-13-3-4-15(9-19(13)25(27)28)23-20-14(12-26)11-21-18-6-5-16(10-17(18)20)24-8-2-7-22-24/h2-10,21,23,26H,11-12H2,1H3. The van der Waals surface area contributed by atoms with E-state index in [0.717, 1.165) is 28.2 Å². The van der Waals surface area contributed by atoms with Crippen LogP contribution >= 0.6 is 0 Å². The third kappa shape index (κ3) is 3.21. The molecular weight excluding hydrogens is 358 g/mol. The maximum atomic E-state index is 11.3. The SMILES string of the molecule is Cc1ccc(NC2=C(CO)CNc3ccc(-n4cccn4)cc32)cc1[N+](=O)[O-]. The molecule has 142 valence electrons. The molecular formula is C20H19N5O3. The van der Waals surface area contributed by atoms with Crippen LogP contribution in [-0.2, 0) is 0 Å². The summed E-state index contributed by atoms with van der Waals surface area (Å²) < 4.78 is 1.75. The number of aromatic nitrogens is 2. The highest BCUT2D eigenvalue weighted by molar-refractivity contribution is 5.89. The molecule has 0 unspecified atom stereocenters. The van der Waals surface area contributed by atoms with Gasteiger partial charge in [0.25, 0.3) is 5.69 Å². The number of rotatable bonds is 5. The topological polar surface area (TPSA) is 105 Å². The molecule has 1 aromatic heterocycles. The predicted molar refractivity (Wildman–Crippen MR) is 108 cm³/mol. The van der Waals surface area contributed by atoms with Crippen molar-refractivity contribution in [3.63, 3.8) is 0 Å². The molecule has 0 saturated carbocycles. The molecule has 0 amide bonds. The fourth-order valence-electron chi connectivity index (χ4n) is 3.26. The number of aliphatic hydroxyl groups is 1. The zero-order valence-electron chi connectivity index (χ0n) is 15.2. The van der Waals surface area contributed by atoms with Crippen molar-refractivity contribution in [1.82, 2.24) is 9.78 Å². The first-order chi connectivity index (χ1) is 13.6. The smallest absolute Gasteiger partial charge is 0.274 e. The first kappa shape index (κ1) is 17.7. The van der Waals surface area contributed by atoms with Gasteiger partial charge in [0.1, 0.15) is 0 Å². The van der Waals surface area contributed by atoms with Gasteiger partial charge in [-0.15, -0.1) is 0 Å². The lowest BCUT2D eigenvalue weighted by atomic mass is 9.99. The number of aliphatic hydroxyl groups excluding tert-OH is 1. The number of nitro benzene ring substituents is 1. The number of hydrogen-bond acceptors (Lipinski definition) is 6. The van der Waals surface area contributed by atoms with Gasteiger partial charge in [-0.1, -0.05) is 6.07 Å². The van der Waals surface area contributed by atoms with Crippen LogP contribution in [0.15, 0.2) is 60.4 Å². The van der Waals surface area contributed by atoms with E-state index in [1.807, 2.05) is 30.5 Å². The monoisotopic (exact) mass is 377 g/mol. The van der Waals surface area contributed by atoms with Crippen molar-refractivity contribution in [2.75, 3.05) is 23.8 Å². The fourth-order valence-corrected chi connectivity index (χ4v) is 3.26. The summed E-state index contributed by atoms with van der Waals surface area (Å²) in [6.07, 6.45) is 3.56. The average Bonchev–Trinajstić information content (AvgIpc) is 3.24. The van der Waals surface area contributed by atoms with Crippen LogP contribution in [0.25, 0.3) is 11.4 Å². The van der Waals surface area contributed by atoms with Gasteiger partial charge >= 0.3 is 0 Å². The summed E-state index contributed by atoms with van der Waals surface area (Å²) in [5.41, 5.74) is 5.41. The van der Waals surface area contributed by atoms with E-state index in [4.69, 9.17) is 0 Å². The molecule has 0 atom stereocenters. The summed E-state index contributed by atoms with van der Waals surface area (Å²) in [6.45, 7) is 2.06. The zero-order valence-corrected chi connectivity index (χ0v) is 15.2. The van der Waals surface area contributed by atoms with Gasteiger partial charge in [-0.3, -0.25) is 10.1 Å². The van der Waals surface area contributed by atoms with E-state index in [9.17, 15) is 15.2 Å². The van der Waals surface area contributed by atoms with Crippen LogP contribution in [0, 0.1) is 17.0 Å². The third-order valence-electron chi connectivity index (χ3n) is 4.75. The lowest BCUT2D eigenvalue weighted by Crippen LogP contribution is -2.20. The van der Waals surface area contributed by atoms with E-state index in [2.05, 4.69) is 15.7 Å². The van der Waals surface area contributed by atoms with Crippen LogP contribution in [0.5, 0.6) is 0 Å². The van der Waals surface area contributed by atoms with Crippen molar-refractivity contribution in [2.24, 2.45) is 0 Å². The summed E-state index contributed by atoms with van der Waals surface area (Å²) in [5, 5.41) is 31.9. The molecule has 0 bridgehead atoms. The maximum Gasteiger partial charge on any atom is 0.274 e. The van der Waals surface area contributed by atoms with Gasteiger partial charge in [-0.25, -0.2) is 4.68 Å². The Morgan fingerprint density at radius 2 is 2.18 bits per heavy atom. The Morgan fingerprint density at radius 1 is 1.32 bits per heavy atom. The van der Waals surface area contributed by atoms with Crippen LogP contribution in [0.3, 0.4) is 0 Å². The molecule has 28 heavy (non-hydrogen) atoms. The zero-order chi connectivity index (χ0) is 19.7. The van der Waals surface area contributed by atoms with E-state index in [0.29, 0.717) is 17.8 Å². The second kappa shape index (κ2) is 7.16. The normalized spacial score (nSPS) is 13.1. The Morgan fingerprint density at radius 3 is 2.89 bits per heavy atom. The summed E-state index contributed by atoms with van der Waals surface area (Å²) in [7, 11) is 0. The molecule has 0 saturated heterocycles. The number of nitrogens with one attached hydrogen (secondary N) is 2.